The molecule has 6 heteroatoms. The summed E-state index contributed by atoms with van der Waals surface area (Å²) in [5.74, 6) is -1.03. The second-order valence-corrected chi connectivity index (χ2v) is 5.85. The van der Waals surface area contributed by atoms with E-state index in [9.17, 15) is 9.59 Å². The fourth-order valence-electron chi connectivity index (χ4n) is 1.93. The monoisotopic (exact) mass is 348 g/mol. The summed E-state index contributed by atoms with van der Waals surface area (Å²) in [6, 6.07) is 0. The van der Waals surface area contributed by atoms with E-state index in [4.69, 9.17) is 15.3 Å². The topological polar surface area (TPSA) is 104 Å². The maximum absolute atomic E-state index is 10.4. The number of hydrogen-bond donors (Lipinski definition) is 3. The molecule has 0 aromatic heterocycles. The van der Waals surface area contributed by atoms with Crippen molar-refractivity contribution >= 4 is 11.9 Å². The molecule has 144 valence electrons. The predicted octanol–water partition coefficient (Wildman–Crippen LogP) is 3.28. The van der Waals surface area contributed by atoms with Crippen LogP contribution in [0, 0.1) is 0 Å². The van der Waals surface area contributed by atoms with Gasteiger partial charge in [-0.2, -0.15) is 0 Å². The highest BCUT2D eigenvalue weighted by Gasteiger charge is 2.04. The average molecular weight is 348 g/mol. The molecule has 24 heavy (non-hydrogen) atoms. The number of ether oxygens (including phenoxy) is 1. The first kappa shape index (κ1) is 25.1. The van der Waals surface area contributed by atoms with E-state index in [1.54, 1.807) is 6.92 Å². The third-order valence-electron chi connectivity index (χ3n) is 3.43. The fraction of sp³-hybridized carbons (Fsp3) is 0.889. The Balaban J connectivity index is 0. The van der Waals surface area contributed by atoms with Gasteiger partial charge in [0.05, 0.1) is 6.61 Å². The Bertz CT molecular complexity index is 293. The Hall–Kier alpha value is -1.14. The van der Waals surface area contributed by atoms with Crippen molar-refractivity contribution in [2.75, 3.05) is 13.2 Å². The number of carbonyl (C=O) groups is 2. The van der Waals surface area contributed by atoms with E-state index >= 15 is 0 Å². The standard InChI is InChI=1S/C12H24O2.C6H12O4/c1-2-3-4-5-6-7-8-9-10-11-12(13)14;1-2-6(9)10-4-5(8)3-7/h2-11H2,1H3,(H,13,14);5,7-8H,2-4H2,1H3. The van der Waals surface area contributed by atoms with Crippen LogP contribution in [0.15, 0.2) is 0 Å². The second kappa shape index (κ2) is 19.9. The number of hydrogen-bond acceptors (Lipinski definition) is 5. The van der Waals surface area contributed by atoms with Gasteiger partial charge in [0.1, 0.15) is 12.7 Å². The minimum Gasteiger partial charge on any atom is -0.481 e. The Labute approximate surface area is 146 Å². The van der Waals surface area contributed by atoms with Crippen LogP contribution in [0.3, 0.4) is 0 Å². The van der Waals surface area contributed by atoms with Gasteiger partial charge in [0.25, 0.3) is 0 Å². The summed E-state index contributed by atoms with van der Waals surface area (Å²) in [5.41, 5.74) is 0. The van der Waals surface area contributed by atoms with Gasteiger partial charge >= 0.3 is 11.9 Å². The first-order valence-electron chi connectivity index (χ1n) is 9.14. The van der Waals surface area contributed by atoms with E-state index in [-0.39, 0.29) is 25.6 Å². The van der Waals surface area contributed by atoms with Gasteiger partial charge in [-0.15, -0.1) is 0 Å². The van der Waals surface area contributed by atoms with Crippen LogP contribution in [0.5, 0.6) is 0 Å². The van der Waals surface area contributed by atoms with Gasteiger partial charge in [-0.05, 0) is 6.42 Å². The van der Waals surface area contributed by atoms with Gasteiger partial charge in [0, 0.05) is 12.8 Å². The van der Waals surface area contributed by atoms with Crippen molar-refractivity contribution in [1.82, 2.24) is 0 Å². The van der Waals surface area contributed by atoms with Crippen LogP contribution in [0.25, 0.3) is 0 Å². The molecule has 6 nitrogen and oxygen atoms in total. The first-order valence-corrected chi connectivity index (χ1v) is 9.14. The molecule has 1 unspecified atom stereocenters. The van der Waals surface area contributed by atoms with Crippen molar-refractivity contribution in [1.29, 1.82) is 0 Å². The zero-order valence-electron chi connectivity index (χ0n) is 15.3. The SMILES string of the molecule is CCC(=O)OCC(O)CO.CCCCCCCCCCCC(=O)O. The molecule has 0 spiro atoms. The number of esters is 1. The number of rotatable bonds is 14. The van der Waals surface area contributed by atoms with Gasteiger partial charge in [-0.25, -0.2) is 0 Å². The molecule has 0 bridgehead atoms. The molecular formula is C18H36O6. The third kappa shape index (κ3) is 23.1. The summed E-state index contributed by atoms with van der Waals surface area (Å²) in [7, 11) is 0. The molecule has 0 radical (unpaired) electrons. The van der Waals surface area contributed by atoms with Gasteiger partial charge in [0.2, 0.25) is 0 Å². The molecule has 0 rings (SSSR count). The smallest absolute Gasteiger partial charge is 0.305 e. The summed E-state index contributed by atoms with van der Waals surface area (Å²) in [5, 5.41) is 25.4. The highest BCUT2D eigenvalue weighted by molar-refractivity contribution is 5.68. The number of aliphatic hydroxyl groups excluding tert-OH is 2. The van der Waals surface area contributed by atoms with E-state index in [1.165, 1.54) is 44.9 Å². The van der Waals surface area contributed by atoms with Crippen molar-refractivity contribution < 1.29 is 29.6 Å². The largest absolute Gasteiger partial charge is 0.481 e. The average Bonchev–Trinajstić information content (AvgIpc) is 2.58. The minimum absolute atomic E-state index is 0.122. The molecule has 0 aliphatic rings. The molecule has 0 aromatic rings. The van der Waals surface area contributed by atoms with Gasteiger partial charge in [-0.3, -0.25) is 9.59 Å². The molecular weight excluding hydrogens is 312 g/mol. The Kier molecular flexibility index (Phi) is 20.8. The summed E-state index contributed by atoms with van der Waals surface area (Å²) in [4.78, 5) is 20.6. The zero-order valence-corrected chi connectivity index (χ0v) is 15.3. The van der Waals surface area contributed by atoms with Crippen molar-refractivity contribution in [3.63, 3.8) is 0 Å². The predicted molar refractivity (Wildman–Crippen MR) is 93.8 cm³/mol. The maximum atomic E-state index is 10.4. The van der Waals surface area contributed by atoms with Crippen LogP contribution in [-0.4, -0.2) is 46.6 Å². The first-order chi connectivity index (χ1) is 11.5. The van der Waals surface area contributed by atoms with E-state index < -0.39 is 12.1 Å². The number of carbonyl (C=O) groups excluding carboxylic acids is 1. The molecule has 0 aromatic carbocycles. The van der Waals surface area contributed by atoms with Crippen LogP contribution >= 0.6 is 0 Å². The lowest BCUT2D eigenvalue weighted by Crippen LogP contribution is -2.21. The number of aliphatic carboxylic acids is 1. The number of carboxylic acid groups (broad SMARTS) is 1. The molecule has 0 aliphatic carbocycles. The van der Waals surface area contributed by atoms with Gasteiger partial charge in [-0.1, -0.05) is 65.2 Å². The molecule has 0 fully saturated rings. The van der Waals surface area contributed by atoms with Gasteiger partial charge < -0.3 is 20.1 Å². The van der Waals surface area contributed by atoms with E-state index in [0.29, 0.717) is 6.42 Å². The number of carboxylic acids is 1. The summed E-state index contributed by atoms with van der Waals surface area (Å²) in [6.07, 6.45) is 10.8. The number of aliphatic hydroxyl groups is 2. The Morgan fingerprint density at radius 3 is 1.83 bits per heavy atom. The minimum atomic E-state index is -0.949. The fourth-order valence-corrected chi connectivity index (χ4v) is 1.93. The van der Waals surface area contributed by atoms with E-state index in [0.717, 1.165) is 12.8 Å². The van der Waals surface area contributed by atoms with Crippen LogP contribution in [-0.2, 0) is 14.3 Å². The van der Waals surface area contributed by atoms with Crippen LogP contribution in [0.2, 0.25) is 0 Å². The van der Waals surface area contributed by atoms with Crippen molar-refractivity contribution in [3.8, 4) is 0 Å². The summed E-state index contributed by atoms with van der Waals surface area (Å²) < 4.78 is 4.49. The summed E-state index contributed by atoms with van der Waals surface area (Å²) >= 11 is 0. The molecule has 0 saturated carbocycles. The molecule has 0 amide bonds. The van der Waals surface area contributed by atoms with E-state index in [2.05, 4.69) is 11.7 Å². The second-order valence-electron chi connectivity index (χ2n) is 5.85. The normalized spacial score (nSPS) is 11.3. The molecule has 3 N–H and O–H groups in total. The van der Waals surface area contributed by atoms with Crippen molar-refractivity contribution in [3.05, 3.63) is 0 Å². The molecule has 0 aliphatic heterocycles. The highest BCUT2D eigenvalue weighted by Crippen LogP contribution is 2.10. The summed E-state index contributed by atoms with van der Waals surface area (Å²) in [6.45, 7) is 3.39. The Morgan fingerprint density at radius 1 is 0.917 bits per heavy atom. The quantitative estimate of drug-likeness (QED) is 0.329. The van der Waals surface area contributed by atoms with Gasteiger partial charge in [0.15, 0.2) is 0 Å². The highest BCUT2D eigenvalue weighted by atomic mass is 16.5. The van der Waals surface area contributed by atoms with Crippen molar-refractivity contribution in [2.24, 2.45) is 0 Å². The maximum Gasteiger partial charge on any atom is 0.305 e. The molecule has 1 atom stereocenters. The zero-order chi connectivity index (χ0) is 18.6. The lowest BCUT2D eigenvalue weighted by atomic mass is 10.1. The third-order valence-corrected chi connectivity index (χ3v) is 3.43. The van der Waals surface area contributed by atoms with Crippen molar-refractivity contribution in [2.45, 2.75) is 90.6 Å². The van der Waals surface area contributed by atoms with Crippen LogP contribution in [0.1, 0.15) is 84.5 Å². The lowest BCUT2D eigenvalue weighted by Gasteiger charge is -2.06. The van der Waals surface area contributed by atoms with E-state index in [1.807, 2.05) is 0 Å². The number of unbranched alkanes of at least 4 members (excludes halogenated alkanes) is 8. The van der Waals surface area contributed by atoms with Crippen LogP contribution < -0.4 is 0 Å². The van der Waals surface area contributed by atoms with Crippen LogP contribution in [0.4, 0.5) is 0 Å². The Morgan fingerprint density at radius 2 is 1.42 bits per heavy atom. The molecule has 0 heterocycles. The molecule has 0 saturated heterocycles. The lowest BCUT2D eigenvalue weighted by molar-refractivity contribution is -0.146.